The van der Waals surface area contributed by atoms with Gasteiger partial charge in [0.15, 0.2) is 0 Å². The minimum Gasteiger partial charge on any atom is -0.192 e. The van der Waals surface area contributed by atoms with Crippen LogP contribution in [0.4, 0.5) is 0 Å². The highest BCUT2D eigenvalue weighted by molar-refractivity contribution is 9.10. The fourth-order valence-electron chi connectivity index (χ4n) is 1.74. The van der Waals surface area contributed by atoms with Crippen molar-refractivity contribution in [1.29, 1.82) is 5.26 Å². The molecule has 0 fully saturated rings. The van der Waals surface area contributed by atoms with Crippen LogP contribution in [0, 0.1) is 11.3 Å². The van der Waals surface area contributed by atoms with Gasteiger partial charge in [-0.2, -0.15) is 5.26 Å². The van der Waals surface area contributed by atoms with Gasteiger partial charge in [-0.05, 0) is 34.9 Å². The lowest BCUT2D eigenvalue weighted by Gasteiger charge is -2.04. The molecule has 1 nitrogen and oxygen atoms in total. The van der Waals surface area contributed by atoms with E-state index >= 15 is 0 Å². The van der Waals surface area contributed by atoms with Gasteiger partial charge >= 0.3 is 0 Å². The summed E-state index contributed by atoms with van der Waals surface area (Å²) in [5.74, 6) is 0. The van der Waals surface area contributed by atoms with Crippen LogP contribution >= 0.6 is 15.9 Å². The Hall–Kier alpha value is -2.11. The molecule has 92 valence electrons. The fourth-order valence-corrected chi connectivity index (χ4v) is 2.16. The SMILES string of the molecule is C=C(/C(C#N)=C/c1cccc(Br)c1)c1ccccc1. The predicted octanol–water partition coefficient (Wildman–Crippen LogP) is 5.07. The molecule has 0 spiro atoms. The van der Waals surface area contributed by atoms with Crippen LogP contribution in [0.25, 0.3) is 11.6 Å². The number of hydrogen-bond acceptors (Lipinski definition) is 1. The van der Waals surface area contributed by atoms with E-state index in [1.54, 1.807) is 0 Å². The van der Waals surface area contributed by atoms with Crippen LogP contribution < -0.4 is 0 Å². The first-order chi connectivity index (χ1) is 9.20. The van der Waals surface area contributed by atoms with E-state index in [1.165, 1.54) is 0 Å². The number of halogens is 1. The van der Waals surface area contributed by atoms with Crippen LogP contribution in [-0.2, 0) is 0 Å². The average Bonchev–Trinajstić information content (AvgIpc) is 2.45. The Bertz CT molecular complexity index is 663. The molecule has 2 rings (SSSR count). The van der Waals surface area contributed by atoms with Gasteiger partial charge in [0.2, 0.25) is 0 Å². The van der Waals surface area contributed by atoms with Crippen LogP contribution in [0.5, 0.6) is 0 Å². The normalized spacial score (nSPS) is 10.8. The van der Waals surface area contributed by atoms with Gasteiger partial charge in [0.05, 0.1) is 11.6 Å². The number of allylic oxidation sites excluding steroid dienone is 2. The third kappa shape index (κ3) is 3.43. The van der Waals surface area contributed by atoms with E-state index < -0.39 is 0 Å². The van der Waals surface area contributed by atoms with E-state index in [0.29, 0.717) is 5.57 Å². The van der Waals surface area contributed by atoms with Gasteiger partial charge in [0, 0.05) is 4.47 Å². The highest BCUT2D eigenvalue weighted by Crippen LogP contribution is 2.23. The molecule has 2 aromatic rings. The Kier molecular flexibility index (Phi) is 4.33. The molecule has 0 bridgehead atoms. The Balaban J connectivity index is 2.36. The average molecular weight is 310 g/mol. The van der Waals surface area contributed by atoms with E-state index in [9.17, 15) is 5.26 Å². The number of rotatable bonds is 3. The van der Waals surface area contributed by atoms with Gasteiger partial charge in [0.1, 0.15) is 0 Å². The minimum atomic E-state index is 0.573. The molecular weight excluding hydrogens is 298 g/mol. The zero-order valence-electron chi connectivity index (χ0n) is 10.3. The summed E-state index contributed by atoms with van der Waals surface area (Å²) in [5.41, 5.74) is 3.25. The van der Waals surface area contributed by atoms with E-state index in [0.717, 1.165) is 21.2 Å². The number of nitriles is 1. The molecule has 0 aliphatic heterocycles. The van der Waals surface area contributed by atoms with Gasteiger partial charge in [-0.1, -0.05) is 65.0 Å². The Morgan fingerprint density at radius 2 is 1.84 bits per heavy atom. The first-order valence-corrected chi connectivity index (χ1v) is 6.62. The van der Waals surface area contributed by atoms with Gasteiger partial charge < -0.3 is 0 Å². The van der Waals surface area contributed by atoms with Crippen molar-refractivity contribution in [1.82, 2.24) is 0 Å². The second kappa shape index (κ2) is 6.17. The van der Waals surface area contributed by atoms with Crippen LogP contribution in [-0.4, -0.2) is 0 Å². The van der Waals surface area contributed by atoms with Crippen molar-refractivity contribution in [2.45, 2.75) is 0 Å². The predicted molar refractivity (Wildman–Crippen MR) is 83.2 cm³/mol. The van der Waals surface area contributed by atoms with Crippen molar-refractivity contribution in [3.8, 4) is 6.07 Å². The molecule has 0 heterocycles. The van der Waals surface area contributed by atoms with Gasteiger partial charge in [-0.3, -0.25) is 0 Å². The molecule has 0 saturated heterocycles. The van der Waals surface area contributed by atoms with E-state index in [1.807, 2.05) is 60.7 Å². The maximum atomic E-state index is 9.30. The van der Waals surface area contributed by atoms with Gasteiger partial charge in [0.25, 0.3) is 0 Å². The third-order valence-corrected chi connectivity index (χ3v) is 3.22. The van der Waals surface area contributed by atoms with Crippen LogP contribution in [0.1, 0.15) is 11.1 Å². The zero-order chi connectivity index (χ0) is 13.7. The lowest BCUT2D eigenvalue weighted by molar-refractivity contribution is 1.50. The number of benzene rings is 2. The molecule has 0 amide bonds. The summed E-state index contributed by atoms with van der Waals surface area (Å²) in [6.07, 6.45) is 1.85. The largest absolute Gasteiger partial charge is 0.192 e. The molecule has 2 heteroatoms. The Labute approximate surface area is 121 Å². The summed E-state index contributed by atoms with van der Waals surface area (Å²) in [6, 6.07) is 19.8. The van der Waals surface area contributed by atoms with Crippen molar-refractivity contribution in [2.75, 3.05) is 0 Å². The summed E-state index contributed by atoms with van der Waals surface area (Å²) >= 11 is 3.42. The van der Waals surface area contributed by atoms with Crippen LogP contribution in [0.2, 0.25) is 0 Å². The number of nitrogens with zero attached hydrogens (tertiary/aromatic N) is 1. The van der Waals surface area contributed by atoms with Gasteiger partial charge in [-0.15, -0.1) is 0 Å². The molecule has 0 aromatic heterocycles. The van der Waals surface area contributed by atoms with Crippen molar-refractivity contribution < 1.29 is 0 Å². The first kappa shape index (κ1) is 13.3. The molecule has 0 aliphatic carbocycles. The summed E-state index contributed by atoms with van der Waals surface area (Å²) in [4.78, 5) is 0. The van der Waals surface area contributed by atoms with Crippen molar-refractivity contribution in [3.63, 3.8) is 0 Å². The maximum Gasteiger partial charge on any atom is 0.0998 e. The maximum absolute atomic E-state index is 9.30. The Morgan fingerprint density at radius 1 is 1.11 bits per heavy atom. The summed E-state index contributed by atoms with van der Waals surface area (Å²) < 4.78 is 0.990. The Morgan fingerprint density at radius 3 is 2.47 bits per heavy atom. The molecule has 19 heavy (non-hydrogen) atoms. The molecule has 0 aliphatic rings. The number of hydrogen-bond donors (Lipinski definition) is 0. The van der Waals surface area contributed by atoms with Crippen molar-refractivity contribution >= 4 is 27.6 Å². The summed E-state index contributed by atoms with van der Waals surface area (Å²) in [6.45, 7) is 4.01. The standard InChI is InChI=1S/C17H12BrN/c1-13(15-7-3-2-4-8-15)16(12-19)10-14-6-5-9-17(18)11-14/h2-11H,1H2/b16-10+. The highest BCUT2D eigenvalue weighted by atomic mass is 79.9. The zero-order valence-corrected chi connectivity index (χ0v) is 11.9. The molecular formula is C17H12BrN. The summed E-state index contributed by atoms with van der Waals surface area (Å²) in [5, 5.41) is 9.30. The monoisotopic (exact) mass is 309 g/mol. The first-order valence-electron chi connectivity index (χ1n) is 5.83. The molecule has 0 atom stereocenters. The van der Waals surface area contributed by atoms with E-state index in [4.69, 9.17) is 0 Å². The minimum absolute atomic E-state index is 0.573. The molecule has 0 unspecified atom stereocenters. The lowest BCUT2D eigenvalue weighted by Crippen LogP contribution is -1.86. The highest BCUT2D eigenvalue weighted by Gasteiger charge is 2.04. The third-order valence-electron chi connectivity index (χ3n) is 2.73. The molecule has 0 N–H and O–H groups in total. The summed E-state index contributed by atoms with van der Waals surface area (Å²) in [7, 11) is 0. The van der Waals surface area contributed by atoms with E-state index in [-0.39, 0.29) is 0 Å². The molecule has 2 aromatic carbocycles. The smallest absolute Gasteiger partial charge is 0.0998 e. The quantitative estimate of drug-likeness (QED) is 0.573. The lowest BCUT2D eigenvalue weighted by atomic mass is 9.98. The van der Waals surface area contributed by atoms with Gasteiger partial charge in [-0.25, -0.2) is 0 Å². The van der Waals surface area contributed by atoms with Crippen molar-refractivity contribution in [2.24, 2.45) is 0 Å². The van der Waals surface area contributed by atoms with Crippen LogP contribution in [0.15, 0.2) is 71.2 Å². The fraction of sp³-hybridized carbons (Fsp3) is 0. The second-order valence-electron chi connectivity index (χ2n) is 4.07. The van der Waals surface area contributed by atoms with Crippen LogP contribution in [0.3, 0.4) is 0 Å². The molecule has 0 radical (unpaired) electrons. The molecule has 0 saturated carbocycles. The van der Waals surface area contributed by atoms with E-state index in [2.05, 4.69) is 28.6 Å². The van der Waals surface area contributed by atoms with Crippen molar-refractivity contribution in [3.05, 3.63) is 82.3 Å². The topological polar surface area (TPSA) is 23.8 Å². The second-order valence-corrected chi connectivity index (χ2v) is 4.99.